The summed E-state index contributed by atoms with van der Waals surface area (Å²) < 4.78 is 5.29. The van der Waals surface area contributed by atoms with E-state index in [1.54, 1.807) is 6.20 Å². The largest absolute Gasteiger partial charge is 0.388 e. The van der Waals surface area contributed by atoms with E-state index in [2.05, 4.69) is 4.98 Å². The maximum atomic E-state index is 10.2. The summed E-state index contributed by atoms with van der Waals surface area (Å²) in [6.07, 6.45) is 4.75. The van der Waals surface area contributed by atoms with Crippen LogP contribution in [0, 0.1) is 0 Å². The van der Waals surface area contributed by atoms with Gasteiger partial charge in [0.05, 0.1) is 6.10 Å². The van der Waals surface area contributed by atoms with Gasteiger partial charge < -0.3 is 9.84 Å². The number of benzene rings is 1. The van der Waals surface area contributed by atoms with Crippen molar-refractivity contribution in [3.8, 4) is 0 Å². The molecular weight excluding hydrogens is 226 g/mol. The molecule has 1 heterocycles. The molecule has 1 unspecified atom stereocenters. The molecule has 1 N–H and O–H groups in total. The minimum absolute atomic E-state index is 0.434. The van der Waals surface area contributed by atoms with Crippen molar-refractivity contribution in [3.63, 3.8) is 0 Å². The maximum absolute atomic E-state index is 10.2. The molecule has 0 aliphatic rings. The van der Waals surface area contributed by atoms with Crippen molar-refractivity contribution in [2.75, 3.05) is 13.2 Å². The number of hydrogen-bond donors (Lipinski definition) is 1. The summed E-state index contributed by atoms with van der Waals surface area (Å²) in [5.74, 6) is 0. The Hall–Kier alpha value is -1.45. The van der Waals surface area contributed by atoms with E-state index in [9.17, 15) is 5.11 Å². The van der Waals surface area contributed by atoms with Crippen LogP contribution in [0.4, 0.5) is 0 Å². The topological polar surface area (TPSA) is 42.4 Å². The van der Waals surface area contributed by atoms with Crippen LogP contribution in [0.2, 0.25) is 0 Å². The molecule has 0 aliphatic carbocycles. The van der Waals surface area contributed by atoms with Gasteiger partial charge in [0, 0.05) is 31.0 Å². The number of rotatable bonds is 6. The average molecular weight is 245 g/mol. The average Bonchev–Trinajstić information content (AvgIpc) is 2.43. The predicted molar refractivity (Wildman–Crippen MR) is 72.4 cm³/mol. The lowest BCUT2D eigenvalue weighted by atomic mass is 9.99. The Bertz CT molecular complexity index is 493. The second kappa shape index (κ2) is 6.47. The third-order valence-electron chi connectivity index (χ3n) is 3.04. The highest BCUT2D eigenvalue weighted by molar-refractivity contribution is 5.85. The third-order valence-corrected chi connectivity index (χ3v) is 3.04. The Morgan fingerprint density at radius 3 is 3.06 bits per heavy atom. The van der Waals surface area contributed by atoms with E-state index in [-0.39, 0.29) is 0 Å². The Morgan fingerprint density at radius 2 is 2.22 bits per heavy atom. The van der Waals surface area contributed by atoms with E-state index in [1.165, 1.54) is 0 Å². The highest BCUT2D eigenvalue weighted by Gasteiger charge is 2.10. The standard InChI is InChI=1S/C15H19NO2/c1-2-18-10-4-7-15(17)14-6-3-5-12-11-16-9-8-13(12)14/h3,5-6,8-9,11,15,17H,2,4,7,10H2,1H3. The zero-order chi connectivity index (χ0) is 12.8. The molecule has 0 amide bonds. The molecule has 3 heteroatoms. The lowest BCUT2D eigenvalue weighted by Crippen LogP contribution is -2.01. The van der Waals surface area contributed by atoms with Gasteiger partial charge in [-0.25, -0.2) is 0 Å². The second-order valence-electron chi connectivity index (χ2n) is 4.30. The van der Waals surface area contributed by atoms with E-state index in [1.807, 2.05) is 37.4 Å². The second-order valence-corrected chi connectivity index (χ2v) is 4.30. The van der Waals surface area contributed by atoms with Crippen molar-refractivity contribution >= 4 is 10.8 Å². The van der Waals surface area contributed by atoms with E-state index in [4.69, 9.17) is 4.74 Å². The summed E-state index contributed by atoms with van der Waals surface area (Å²) in [4.78, 5) is 4.10. The molecule has 18 heavy (non-hydrogen) atoms. The van der Waals surface area contributed by atoms with Crippen LogP contribution in [-0.4, -0.2) is 23.3 Å². The van der Waals surface area contributed by atoms with E-state index in [0.29, 0.717) is 6.61 Å². The summed E-state index contributed by atoms with van der Waals surface area (Å²) in [6.45, 7) is 3.42. The first-order valence-corrected chi connectivity index (χ1v) is 6.41. The minimum atomic E-state index is -0.434. The van der Waals surface area contributed by atoms with Gasteiger partial charge in [-0.2, -0.15) is 0 Å². The van der Waals surface area contributed by atoms with Gasteiger partial charge in [-0.1, -0.05) is 18.2 Å². The molecule has 1 aromatic heterocycles. The molecular formula is C15H19NO2. The Balaban J connectivity index is 2.10. The number of nitrogens with zero attached hydrogens (tertiary/aromatic N) is 1. The Morgan fingerprint density at radius 1 is 1.33 bits per heavy atom. The number of pyridine rings is 1. The van der Waals surface area contributed by atoms with E-state index in [0.717, 1.165) is 35.8 Å². The van der Waals surface area contributed by atoms with Crippen LogP contribution in [0.5, 0.6) is 0 Å². The monoisotopic (exact) mass is 245 g/mol. The quantitative estimate of drug-likeness (QED) is 0.795. The van der Waals surface area contributed by atoms with Gasteiger partial charge in [-0.05, 0) is 36.8 Å². The summed E-state index contributed by atoms with van der Waals surface area (Å²) >= 11 is 0. The number of fused-ring (bicyclic) bond motifs is 1. The fraction of sp³-hybridized carbons (Fsp3) is 0.400. The Kier molecular flexibility index (Phi) is 4.67. The maximum Gasteiger partial charge on any atom is 0.0796 e. The van der Waals surface area contributed by atoms with Gasteiger partial charge in [0.25, 0.3) is 0 Å². The van der Waals surface area contributed by atoms with Crippen molar-refractivity contribution in [3.05, 3.63) is 42.2 Å². The molecule has 0 bridgehead atoms. The van der Waals surface area contributed by atoms with Gasteiger partial charge in [-0.15, -0.1) is 0 Å². The molecule has 0 spiro atoms. The first-order chi connectivity index (χ1) is 8.83. The van der Waals surface area contributed by atoms with Crippen molar-refractivity contribution < 1.29 is 9.84 Å². The van der Waals surface area contributed by atoms with E-state index >= 15 is 0 Å². The number of aliphatic hydroxyl groups excluding tert-OH is 1. The van der Waals surface area contributed by atoms with Crippen molar-refractivity contribution in [2.45, 2.75) is 25.9 Å². The summed E-state index contributed by atoms with van der Waals surface area (Å²) in [6, 6.07) is 7.91. The fourth-order valence-corrected chi connectivity index (χ4v) is 2.12. The van der Waals surface area contributed by atoms with Gasteiger partial charge in [0.15, 0.2) is 0 Å². The molecule has 0 radical (unpaired) electrons. The van der Waals surface area contributed by atoms with Crippen LogP contribution >= 0.6 is 0 Å². The highest BCUT2D eigenvalue weighted by Crippen LogP contribution is 2.26. The lowest BCUT2D eigenvalue weighted by molar-refractivity contribution is 0.115. The van der Waals surface area contributed by atoms with Crippen LogP contribution in [0.15, 0.2) is 36.7 Å². The van der Waals surface area contributed by atoms with Crippen LogP contribution in [0.25, 0.3) is 10.8 Å². The predicted octanol–water partition coefficient (Wildman–Crippen LogP) is 3.08. The van der Waals surface area contributed by atoms with Gasteiger partial charge in [-0.3, -0.25) is 4.98 Å². The van der Waals surface area contributed by atoms with Crippen LogP contribution in [-0.2, 0) is 4.74 Å². The van der Waals surface area contributed by atoms with Crippen molar-refractivity contribution in [2.24, 2.45) is 0 Å². The van der Waals surface area contributed by atoms with Gasteiger partial charge >= 0.3 is 0 Å². The number of aromatic nitrogens is 1. The molecule has 2 aromatic rings. The lowest BCUT2D eigenvalue weighted by Gasteiger charge is -2.13. The van der Waals surface area contributed by atoms with Crippen LogP contribution < -0.4 is 0 Å². The molecule has 0 saturated carbocycles. The molecule has 0 fully saturated rings. The molecule has 1 atom stereocenters. The van der Waals surface area contributed by atoms with Crippen molar-refractivity contribution in [1.82, 2.24) is 4.98 Å². The summed E-state index contributed by atoms with van der Waals surface area (Å²) in [5.41, 5.74) is 0.978. The molecule has 0 aliphatic heterocycles. The molecule has 0 saturated heterocycles. The molecule has 1 aromatic carbocycles. The first-order valence-electron chi connectivity index (χ1n) is 6.41. The van der Waals surface area contributed by atoms with Gasteiger partial charge in [0.1, 0.15) is 0 Å². The first kappa shape index (κ1) is 13.0. The number of aliphatic hydroxyl groups is 1. The Labute approximate surface area is 107 Å². The zero-order valence-corrected chi connectivity index (χ0v) is 10.7. The highest BCUT2D eigenvalue weighted by atomic mass is 16.5. The zero-order valence-electron chi connectivity index (χ0n) is 10.7. The van der Waals surface area contributed by atoms with Gasteiger partial charge in [0.2, 0.25) is 0 Å². The number of ether oxygens (including phenoxy) is 1. The van der Waals surface area contributed by atoms with Crippen LogP contribution in [0.1, 0.15) is 31.4 Å². The minimum Gasteiger partial charge on any atom is -0.388 e. The fourth-order valence-electron chi connectivity index (χ4n) is 2.12. The summed E-state index contributed by atoms with van der Waals surface area (Å²) in [5, 5.41) is 12.4. The SMILES string of the molecule is CCOCCCC(O)c1cccc2cnccc12. The molecule has 2 rings (SSSR count). The molecule has 96 valence electrons. The van der Waals surface area contributed by atoms with Crippen LogP contribution in [0.3, 0.4) is 0 Å². The van der Waals surface area contributed by atoms with Crippen molar-refractivity contribution in [1.29, 1.82) is 0 Å². The number of hydrogen-bond acceptors (Lipinski definition) is 3. The van der Waals surface area contributed by atoms with E-state index < -0.39 is 6.10 Å². The smallest absolute Gasteiger partial charge is 0.0796 e. The third kappa shape index (κ3) is 3.06. The molecule has 3 nitrogen and oxygen atoms in total. The normalized spacial score (nSPS) is 12.8. The summed E-state index contributed by atoms with van der Waals surface area (Å²) in [7, 11) is 0.